The van der Waals surface area contributed by atoms with E-state index in [2.05, 4.69) is 45.2 Å². The first-order chi connectivity index (χ1) is 8.34. The van der Waals surface area contributed by atoms with Gasteiger partial charge in [0.05, 0.1) is 0 Å². The van der Waals surface area contributed by atoms with Gasteiger partial charge in [0.1, 0.15) is 0 Å². The zero-order valence-electron chi connectivity index (χ0n) is 9.77. The number of rotatable bonds is 4. The number of aromatic nitrogens is 1. The summed E-state index contributed by atoms with van der Waals surface area (Å²) in [4.78, 5) is 5.03. The van der Waals surface area contributed by atoms with Crippen molar-refractivity contribution in [1.29, 1.82) is 0 Å². The lowest BCUT2D eigenvalue weighted by molar-refractivity contribution is 0.697. The van der Waals surface area contributed by atoms with Crippen LogP contribution >= 0.6 is 15.9 Å². The summed E-state index contributed by atoms with van der Waals surface area (Å²) < 4.78 is 0. The average Bonchev–Trinajstić information content (AvgIpc) is 3.20. The quantitative estimate of drug-likeness (QED) is 0.763. The van der Waals surface area contributed by atoms with Gasteiger partial charge in [-0.1, -0.05) is 40.2 Å². The molecule has 1 nitrogen and oxygen atoms in total. The van der Waals surface area contributed by atoms with Gasteiger partial charge in [0.25, 0.3) is 0 Å². The van der Waals surface area contributed by atoms with E-state index in [-0.39, 0.29) is 0 Å². The second-order valence-electron chi connectivity index (χ2n) is 4.91. The van der Waals surface area contributed by atoms with Gasteiger partial charge in [0.15, 0.2) is 0 Å². The highest BCUT2D eigenvalue weighted by Gasteiger charge is 2.28. The minimum Gasteiger partial charge on any atom is -0.264 e. The third-order valence-electron chi connectivity index (χ3n) is 3.57. The van der Waals surface area contributed by atoms with E-state index in [4.69, 9.17) is 0 Å². The van der Waals surface area contributed by atoms with E-state index in [0.29, 0.717) is 4.83 Å². The van der Waals surface area contributed by atoms with Crippen molar-refractivity contribution in [2.24, 2.45) is 5.92 Å². The summed E-state index contributed by atoms with van der Waals surface area (Å²) in [6.45, 7) is 0. The lowest BCUT2D eigenvalue weighted by Crippen LogP contribution is -2.02. The summed E-state index contributed by atoms with van der Waals surface area (Å²) in [6, 6.07) is 8.52. The lowest BCUT2D eigenvalue weighted by Gasteiger charge is -2.09. The predicted octanol–water partition coefficient (Wildman–Crippen LogP) is 4.34. The number of hydrogen-bond donors (Lipinski definition) is 0. The molecule has 0 radical (unpaired) electrons. The minimum atomic E-state index is 0.696. The minimum absolute atomic E-state index is 0.696. The van der Waals surface area contributed by atoms with Gasteiger partial charge >= 0.3 is 0 Å². The molecule has 1 aliphatic rings. The molecule has 3 rings (SSSR count). The molecular weight excluding hydrogens is 274 g/mol. The van der Waals surface area contributed by atoms with Crippen LogP contribution in [0.2, 0.25) is 0 Å². The van der Waals surface area contributed by atoms with Gasteiger partial charge in [-0.05, 0) is 42.6 Å². The standard InChI is InChI=1S/C15H16BrN/c16-15(11-5-6-11)8-7-13-10-17-9-12-3-1-2-4-14(12)13/h1-4,9-11,15H,5-8H2. The van der Waals surface area contributed by atoms with Gasteiger partial charge in [-0.3, -0.25) is 4.98 Å². The van der Waals surface area contributed by atoms with Crippen LogP contribution in [0.3, 0.4) is 0 Å². The maximum Gasteiger partial charge on any atom is 0.0346 e. The molecule has 0 saturated heterocycles. The Morgan fingerprint density at radius 3 is 2.88 bits per heavy atom. The van der Waals surface area contributed by atoms with Crippen molar-refractivity contribution < 1.29 is 0 Å². The summed E-state index contributed by atoms with van der Waals surface area (Å²) in [5, 5.41) is 2.61. The number of pyridine rings is 1. The van der Waals surface area contributed by atoms with Crippen molar-refractivity contribution in [3.05, 3.63) is 42.2 Å². The molecule has 1 heterocycles. The van der Waals surface area contributed by atoms with E-state index >= 15 is 0 Å². The summed E-state index contributed by atoms with van der Waals surface area (Å²) >= 11 is 3.81. The molecule has 0 amide bonds. The molecule has 2 heteroatoms. The number of aryl methyl sites for hydroxylation is 1. The highest BCUT2D eigenvalue weighted by molar-refractivity contribution is 9.09. The second kappa shape index (κ2) is 4.77. The average molecular weight is 290 g/mol. The number of hydrogen-bond acceptors (Lipinski definition) is 1. The van der Waals surface area contributed by atoms with E-state index in [1.165, 1.54) is 35.6 Å². The molecule has 2 aromatic rings. The van der Waals surface area contributed by atoms with Crippen molar-refractivity contribution in [2.75, 3.05) is 0 Å². The molecule has 1 aromatic carbocycles. The maximum atomic E-state index is 4.34. The molecular formula is C15H16BrN. The highest BCUT2D eigenvalue weighted by Crippen LogP contribution is 2.38. The smallest absolute Gasteiger partial charge is 0.0346 e. The van der Waals surface area contributed by atoms with E-state index in [1.54, 1.807) is 0 Å². The molecule has 1 saturated carbocycles. The molecule has 1 fully saturated rings. The number of nitrogens with zero attached hydrogens (tertiary/aromatic N) is 1. The third-order valence-corrected chi connectivity index (χ3v) is 4.78. The molecule has 88 valence electrons. The number of alkyl halides is 1. The topological polar surface area (TPSA) is 12.9 Å². The van der Waals surface area contributed by atoms with Crippen molar-refractivity contribution >= 4 is 26.7 Å². The fourth-order valence-corrected chi connectivity index (χ4v) is 3.12. The van der Waals surface area contributed by atoms with E-state index in [0.717, 1.165) is 12.3 Å². The van der Waals surface area contributed by atoms with Crippen LogP contribution in [-0.4, -0.2) is 9.81 Å². The van der Waals surface area contributed by atoms with Crippen LogP contribution in [0.4, 0.5) is 0 Å². The van der Waals surface area contributed by atoms with E-state index in [9.17, 15) is 0 Å². The fraction of sp³-hybridized carbons (Fsp3) is 0.400. The van der Waals surface area contributed by atoms with Crippen LogP contribution < -0.4 is 0 Å². The Morgan fingerprint density at radius 1 is 1.24 bits per heavy atom. The van der Waals surface area contributed by atoms with Crippen LogP contribution in [0, 0.1) is 5.92 Å². The summed E-state index contributed by atoms with van der Waals surface area (Å²) in [6.07, 6.45) is 9.13. The van der Waals surface area contributed by atoms with Crippen LogP contribution in [0.1, 0.15) is 24.8 Å². The number of benzene rings is 1. The van der Waals surface area contributed by atoms with Gasteiger partial charge in [-0.15, -0.1) is 0 Å². The van der Waals surface area contributed by atoms with Gasteiger partial charge in [0.2, 0.25) is 0 Å². The zero-order chi connectivity index (χ0) is 11.7. The Morgan fingerprint density at radius 2 is 2.06 bits per heavy atom. The first-order valence-corrected chi connectivity index (χ1v) is 7.22. The Labute approximate surface area is 110 Å². The fourth-order valence-electron chi connectivity index (χ4n) is 2.37. The van der Waals surface area contributed by atoms with Gasteiger partial charge in [-0.25, -0.2) is 0 Å². The Kier molecular flexibility index (Phi) is 3.15. The largest absolute Gasteiger partial charge is 0.264 e. The number of fused-ring (bicyclic) bond motifs is 1. The summed E-state index contributed by atoms with van der Waals surface area (Å²) in [7, 11) is 0. The van der Waals surface area contributed by atoms with Gasteiger partial charge in [0, 0.05) is 22.6 Å². The van der Waals surface area contributed by atoms with Crippen molar-refractivity contribution in [3.63, 3.8) is 0 Å². The van der Waals surface area contributed by atoms with Crippen LogP contribution in [0.5, 0.6) is 0 Å². The number of halogens is 1. The molecule has 17 heavy (non-hydrogen) atoms. The molecule has 1 aliphatic carbocycles. The zero-order valence-corrected chi connectivity index (χ0v) is 11.4. The Hall–Kier alpha value is -0.890. The van der Waals surface area contributed by atoms with E-state index < -0.39 is 0 Å². The maximum absolute atomic E-state index is 4.34. The van der Waals surface area contributed by atoms with Crippen LogP contribution in [-0.2, 0) is 6.42 Å². The monoisotopic (exact) mass is 289 g/mol. The van der Waals surface area contributed by atoms with Crippen molar-refractivity contribution in [1.82, 2.24) is 4.98 Å². The lowest BCUT2D eigenvalue weighted by atomic mass is 10.0. The second-order valence-corrected chi connectivity index (χ2v) is 6.09. The first-order valence-electron chi connectivity index (χ1n) is 6.30. The Balaban J connectivity index is 1.79. The SMILES string of the molecule is BrC(CCc1cncc2ccccc12)C1CC1. The normalized spacial score (nSPS) is 17.2. The van der Waals surface area contributed by atoms with E-state index in [1.807, 2.05) is 12.4 Å². The first kappa shape index (κ1) is 11.2. The molecule has 0 spiro atoms. The molecule has 1 unspecified atom stereocenters. The molecule has 0 bridgehead atoms. The van der Waals surface area contributed by atoms with Gasteiger partial charge < -0.3 is 0 Å². The highest BCUT2D eigenvalue weighted by atomic mass is 79.9. The third kappa shape index (κ3) is 2.52. The molecule has 1 aromatic heterocycles. The molecule has 1 atom stereocenters. The summed E-state index contributed by atoms with van der Waals surface area (Å²) in [5.74, 6) is 0.929. The van der Waals surface area contributed by atoms with Crippen molar-refractivity contribution in [3.8, 4) is 0 Å². The predicted molar refractivity (Wildman–Crippen MR) is 75.5 cm³/mol. The Bertz CT molecular complexity index is 514. The van der Waals surface area contributed by atoms with Crippen LogP contribution in [0.25, 0.3) is 10.8 Å². The molecule has 0 N–H and O–H groups in total. The van der Waals surface area contributed by atoms with Gasteiger partial charge in [-0.2, -0.15) is 0 Å². The van der Waals surface area contributed by atoms with Crippen LogP contribution in [0.15, 0.2) is 36.7 Å². The summed E-state index contributed by atoms with van der Waals surface area (Å²) in [5.41, 5.74) is 1.38. The van der Waals surface area contributed by atoms with Crippen molar-refractivity contribution in [2.45, 2.75) is 30.5 Å². The molecule has 0 aliphatic heterocycles.